The number of hydrogen-bond acceptors (Lipinski definition) is 4. The highest BCUT2D eigenvalue weighted by molar-refractivity contribution is 5.47. The summed E-state index contributed by atoms with van der Waals surface area (Å²) in [4.78, 5) is 4.46. The lowest BCUT2D eigenvalue weighted by atomic mass is 9.93. The summed E-state index contributed by atoms with van der Waals surface area (Å²) in [5, 5.41) is 17.4. The van der Waals surface area contributed by atoms with Gasteiger partial charge in [-0.05, 0) is 37.1 Å². The van der Waals surface area contributed by atoms with Crippen LogP contribution < -0.4 is 5.32 Å². The number of rotatable bonds is 4. The Morgan fingerprint density at radius 2 is 2.00 bits per heavy atom. The molecule has 2 N–H and O–H groups in total. The number of aryl methyl sites for hydroxylation is 1. The Morgan fingerprint density at radius 1 is 1.24 bits per heavy atom. The average Bonchev–Trinajstić information content (AvgIpc) is 2.89. The number of nitrogens with zero attached hydrogens (tertiary/aromatic N) is 3. The number of aromatic nitrogens is 3. The van der Waals surface area contributed by atoms with E-state index in [2.05, 4.69) is 15.4 Å². The van der Waals surface area contributed by atoms with Crippen molar-refractivity contribution < 1.29 is 5.11 Å². The van der Waals surface area contributed by atoms with Gasteiger partial charge in [-0.15, -0.1) is 5.10 Å². The highest BCUT2D eigenvalue weighted by atomic mass is 16.3. The zero-order valence-electron chi connectivity index (χ0n) is 12.1. The van der Waals surface area contributed by atoms with Crippen molar-refractivity contribution in [2.45, 2.75) is 19.4 Å². The molecule has 0 aliphatic carbocycles. The standard InChI is InChI=1S/C16H18N4O/c1-12-8-9-20-14(10-12)17-15(19-20)18-16(2,11-21)13-6-4-3-5-7-13/h3-10,21H,11H2,1-2H3,(H,18,19). The molecule has 3 aromatic rings. The van der Waals surface area contributed by atoms with Gasteiger partial charge in [-0.1, -0.05) is 30.3 Å². The van der Waals surface area contributed by atoms with E-state index in [1.165, 1.54) is 0 Å². The first kappa shape index (κ1) is 13.6. The van der Waals surface area contributed by atoms with Gasteiger partial charge >= 0.3 is 0 Å². The molecule has 0 fully saturated rings. The van der Waals surface area contributed by atoms with E-state index in [0.717, 1.165) is 16.8 Å². The van der Waals surface area contributed by atoms with Crippen LogP contribution in [0.25, 0.3) is 5.65 Å². The van der Waals surface area contributed by atoms with Crippen molar-refractivity contribution in [1.29, 1.82) is 0 Å². The Labute approximate surface area is 123 Å². The largest absolute Gasteiger partial charge is 0.394 e. The molecule has 0 bridgehead atoms. The van der Waals surface area contributed by atoms with E-state index in [1.54, 1.807) is 4.52 Å². The Balaban J connectivity index is 1.95. The molecule has 1 unspecified atom stereocenters. The zero-order valence-corrected chi connectivity index (χ0v) is 12.1. The molecule has 2 heterocycles. The molecule has 3 rings (SSSR count). The van der Waals surface area contributed by atoms with Crippen molar-refractivity contribution in [2.75, 3.05) is 11.9 Å². The molecular formula is C16H18N4O. The number of fused-ring (bicyclic) bond motifs is 1. The topological polar surface area (TPSA) is 62.5 Å². The molecular weight excluding hydrogens is 264 g/mol. The fourth-order valence-corrected chi connectivity index (χ4v) is 2.29. The zero-order chi connectivity index (χ0) is 14.9. The molecule has 0 aliphatic rings. The summed E-state index contributed by atoms with van der Waals surface area (Å²) in [6, 6.07) is 13.8. The van der Waals surface area contributed by atoms with Crippen molar-refractivity contribution in [3.8, 4) is 0 Å². The van der Waals surface area contributed by atoms with Gasteiger partial charge in [0.05, 0.1) is 12.1 Å². The maximum Gasteiger partial charge on any atom is 0.243 e. The van der Waals surface area contributed by atoms with E-state index in [1.807, 2.05) is 62.5 Å². The van der Waals surface area contributed by atoms with Gasteiger partial charge in [-0.3, -0.25) is 0 Å². The summed E-state index contributed by atoms with van der Waals surface area (Å²) < 4.78 is 1.72. The molecule has 5 heteroatoms. The lowest BCUT2D eigenvalue weighted by Crippen LogP contribution is -2.36. The quantitative estimate of drug-likeness (QED) is 0.771. The fourth-order valence-electron chi connectivity index (χ4n) is 2.29. The van der Waals surface area contributed by atoms with Gasteiger partial charge in [0.1, 0.15) is 0 Å². The molecule has 2 aromatic heterocycles. The monoisotopic (exact) mass is 282 g/mol. The Morgan fingerprint density at radius 3 is 2.71 bits per heavy atom. The van der Waals surface area contributed by atoms with Crippen molar-refractivity contribution in [3.63, 3.8) is 0 Å². The van der Waals surface area contributed by atoms with Crippen LogP contribution in [0.5, 0.6) is 0 Å². The van der Waals surface area contributed by atoms with Gasteiger partial charge in [0.25, 0.3) is 0 Å². The van der Waals surface area contributed by atoms with E-state index >= 15 is 0 Å². The maximum atomic E-state index is 9.79. The summed E-state index contributed by atoms with van der Waals surface area (Å²) in [5.41, 5.74) is 2.28. The molecule has 0 aliphatic heterocycles. The molecule has 0 radical (unpaired) electrons. The summed E-state index contributed by atoms with van der Waals surface area (Å²) in [6.45, 7) is 3.90. The first-order chi connectivity index (χ1) is 10.1. The van der Waals surface area contributed by atoms with Crippen molar-refractivity contribution >= 4 is 11.6 Å². The van der Waals surface area contributed by atoms with Gasteiger partial charge in [0.15, 0.2) is 5.65 Å². The number of pyridine rings is 1. The van der Waals surface area contributed by atoms with Gasteiger partial charge in [0.2, 0.25) is 5.95 Å². The molecule has 1 atom stereocenters. The second kappa shape index (κ2) is 5.18. The molecule has 21 heavy (non-hydrogen) atoms. The molecule has 1 aromatic carbocycles. The number of aliphatic hydroxyl groups excluding tert-OH is 1. The van der Waals surface area contributed by atoms with Crippen LogP contribution in [0.15, 0.2) is 48.7 Å². The predicted octanol–water partition coefficient (Wildman–Crippen LogP) is 2.36. The van der Waals surface area contributed by atoms with Gasteiger partial charge < -0.3 is 10.4 Å². The van der Waals surface area contributed by atoms with Gasteiger partial charge in [-0.2, -0.15) is 4.98 Å². The van der Waals surface area contributed by atoms with E-state index in [0.29, 0.717) is 5.95 Å². The molecule has 0 saturated heterocycles. The second-order valence-corrected chi connectivity index (χ2v) is 5.42. The first-order valence-corrected chi connectivity index (χ1v) is 6.88. The van der Waals surface area contributed by atoms with Crippen LogP contribution in [-0.4, -0.2) is 26.3 Å². The maximum absolute atomic E-state index is 9.79. The van der Waals surface area contributed by atoms with Crippen LogP contribution in [0.3, 0.4) is 0 Å². The summed E-state index contributed by atoms with van der Waals surface area (Å²) >= 11 is 0. The number of nitrogens with one attached hydrogen (secondary N) is 1. The first-order valence-electron chi connectivity index (χ1n) is 6.88. The van der Waals surface area contributed by atoms with Crippen LogP contribution in [0.1, 0.15) is 18.1 Å². The van der Waals surface area contributed by atoms with Gasteiger partial charge in [-0.25, -0.2) is 4.52 Å². The summed E-state index contributed by atoms with van der Waals surface area (Å²) in [6.07, 6.45) is 1.88. The lowest BCUT2D eigenvalue weighted by molar-refractivity contribution is 0.223. The number of benzene rings is 1. The van der Waals surface area contributed by atoms with E-state index in [-0.39, 0.29) is 6.61 Å². The van der Waals surface area contributed by atoms with E-state index < -0.39 is 5.54 Å². The van der Waals surface area contributed by atoms with Gasteiger partial charge in [0, 0.05) is 6.20 Å². The highest BCUT2D eigenvalue weighted by Gasteiger charge is 2.27. The lowest BCUT2D eigenvalue weighted by Gasteiger charge is -2.28. The second-order valence-electron chi connectivity index (χ2n) is 5.42. The molecule has 5 nitrogen and oxygen atoms in total. The average molecular weight is 282 g/mol. The van der Waals surface area contributed by atoms with Crippen LogP contribution >= 0.6 is 0 Å². The van der Waals surface area contributed by atoms with E-state index in [4.69, 9.17) is 0 Å². The predicted molar refractivity (Wildman–Crippen MR) is 82.2 cm³/mol. The third-order valence-electron chi connectivity index (χ3n) is 3.61. The smallest absolute Gasteiger partial charge is 0.243 e. The number of hydrogen-bond donors (Lipinski definition) is 2. The van der Waals surface area contributed by atoms with Crippen LogP contribution in [0.4, 0.5) is 5.95 Å². The summed E-state index contributed by atoms with van der Waals surface area (Å²) in [5.74, 6) is 0.501. The minimum absolute atomic E-state index is 0.0500. The summed E-state index contributed by atoms with van der Waals surface area (Å²) in [7, 11) is 0. The Kier molecular flexibility index (Phi) is 3.35. The minimum atomic E-state index is -0.624. The molecule has 0 amide bonds. The van der Waals surface area contributed by atoms with Crippen LogP contribution in [-0.2, 0) is 5.54 Å². The molecule has 0 spiro atoms. The number of anilines is 1. The Hall–Kier alpha value is -2.40. The van der Waals surface area contributed by atoms with Crippen LogP contribution in [0, 0.1) is 6.92 Å². The Bertz CT molecular complexity index is 753. The minimum Gasteiger partial charge on any atom is -0.394 e. The highest BCUT2D eigenvalue weighted by Crippen LogP contribution is 2.24. The molecule has 0 saturated carbocycles. The fraction of sp³-hybridized carbons (Fsp3) is 0.250. The van der Waals surface area contributed by atoms with E-state index in [9.17, 15) is 5.11 Å². The van der Waals surface area contributed by atoms with Crippen LogP contribution in [0.2, 0.25) is 0 Å². The molecule has 108 valence electrons. The van der Waals surface area contributed by atoms with Crippen molar-refractivity contribution in [2.24, 2.45) is 0 Å². The SMILES string of the molecule is Cc1ccn2nc(NC(C)(CO)c3ccccc3)nc2c1. The number of aliphatic hydroxyl groups is 1. The van der Waals surface area contributed by atoms with Crippen molar-refractivity contribution in [3.05, 3.63) is 59.8 Å². The normalized spacial score (nSPS) is 14.0. The van der Waals surface area contributed by atoms with Crippen molar-refractivity contribution in [1.82, 2.24) is 14.6 Å². The third kappa shape index (κ3) is 2.60. The third-order valence-corrected chi connectivity index (χ3v) is 3.61.